The number of fused-ring (bicyclic) bond motifs is 1. The Labute approximate surface area is 117 Å². The molecule has 0 saturated carbocycles. The van der Waals surface area contributed by atoms with Gasteiger partial charge in [0, 0.05) is 37.2 Å². The lowest BCUT2D eigenvalue weighted by atomic mass is 9.88. The molecule has 0 spiro atoms. The van der Waals surface area contributed by atoms with Crippen LogP contribution in [0, 0.1) is 0 Å². The van der Waals surface area contributed by atoms with E-state index < -0.39 is 0 Å². The number of hydrogen-bond donors (Lipinski definition) is 1. The predicted octanol–water partition coefficient (Wildman–Crippen LogP) is 3.41. The third-order valence-electron chi connectivity index (χ3n) is 4.88. The van der Waals surface area contributed by atoms with Gasteiger partial charge in [-0.05, 0) is 25.7 Å². The lowest BCUT2D eigenvalue weighted by Crippen LogP contribution is -2.36. The van der Waals surface area contributed by atoms with E-state index in [4.69, 9.17) is 4.98 Å². The third-order valence-corrected chi connectivity index (χ3v) is 4.88. The summed E-state index contributed by atoms with van der Waals surface area (Å²) in [4.78, 5) is 4.95. The Morgan fingerprint density at radius 3 is 2.42 bits per heavy atom. The zero-order valence-corrected chi connectivity index (χ0v) is 13.1. The van der Waals surface area contributed by atoms with Crippen LogP contribution >= 0.6 is 0 Å². The van der Waals surface area contributed by atoms with Crippen LogP contribution in [0.5, 0.6) is 0 Å². The average molecular weight is 263 g/mol. The Hall–Kier alpha value is -0.830. The summed E-state index contributed by atoms with van der Waals surface area (Å²) in [5.74, 6) is 1.32. The Bertz CT molecular complexity index is 408. The summed E-state index contributed by atoms with van der Waals surface area (Å²) in [6.07, 6.45) is 7.02. The Balaban J connectivity index is 2.54. The van der Waals surface area contributed by atoms with Crippen LogP contribution in [0.1, 0.15) is 70.6 Å². The van der Waals surface area contributed by atoms with Gasteiger partial charge in [0.25, 0.3) is 0 Å². The van der Waals surface area contributed by atoms with Crippen molar-refractivity contribution in [1.82, 2.24) is 14.9 Å². The molecular weight excluding hydrogens is 234 g/mol. The van der Waals surface area contributed by atoms with E-state index in [0.29, 0.717) is 0 Å². The molecule has 0 amide bonds. The minimum absolute atomic E-state index is 0.280. The van der Waals surface area contributed by atoms with Gasteiger partial charge in [0.2, 0.25) is 0 Å². The van der Waals surface area contributed by atoms with Crippen molar-refractivity contribution in [3.05, 3.63) is 17.2 Å². The predicted molar refractivity (Wildman–Crippen MR) is 80.5 cm³/mol. The van der Waals surface area contributed by atoms with E-state index >= 15 is 0 Å². The number of nitrogens with one attached hydrogen (secondary N) is 1. The zero-order valence-electron chi connectivity index (χ0n) is 13.1. The maximum Gasteiger partial charge on any atom is 0.109 e. The van der Waals surface area contributed by atoms with E-state index in [1.807, 2.05) is 0 Å². The first-order valence-electron chi connectivity index (χ1n) is 8.02. The highest BCUT2D eigenvalue weighted by molar-refractivity contribution is 5.23. The first-order valence-corrected chi connectivity index (χ1v) is 8.02. The molecule has 0 radical (unpaired) electrons. The molecule has 0 unspecified atom stereocenters. The molecule has 19 heavy (non-hydrogen) atoms. The lowest BCUT2D eigenvalue weighted by molar-refractivity contribution is 0.235. The van der Waals surface area contributed by atoms with Crippen LogP contribution in [0.4, 0.5) is 0 Å². The van der Waals surface area contributed by atoms with Crippen LogP contribution in [-0.4, -0.2) is 16.1 Å². The zero-order chi connectivity index (χ0) is 13.9. The molecule has 1 aromatic rings. The lowest BCUT2D eigenvalue weighted by Gasteiger charge is -2.36. The van der Waals surface area contributed by atoms with E-state index in [1.54, 1.807) is 0 Å². The molecule has 2 heterocycles. The van der Waals surface area contributed by atoms with Crippen LogP contribution in [-0.2, 0) is 24.9 Å². The van der Waals surface area contributed by atoms with E-state index in [1.165, 1.54) is 42.9 Å². The summed E-state index contributed by atoms with van der Waals surface area (Å²) in [5, 5.41) is 3.45. The Kier molecular flexibility index (Phi) is 4.67. The molecule has 0 aliphatic carbocycles. The molecule has 0 aromatic carbocycles. The molecule has 0 atom stereocenters. The van der Waals surface area contributed by atoms with Crippen molar-refractivity contribution in [1.29, 1.82) is 0 Å². The molecule has 1 aromatic heterocycles. The van der Waals surface area contributed by atoms with Crippen molar-refractivity contribution >= 4 is 0 Å². The van der Waals surface area contributed by atoms with Gasteiger partial charge >= 0.3 is 0 Å². The van der Waals surface area contributed by atoms with Gasteiger partial charge < -0.3 is 9.88 Å². The monoisotopic (exact) mass is 263 g/mol. The summed E-state index contributed by atoms with van der Waals surface area (Å²) in [6, 6.07) is 0. The minimum Gasteiger partial charge on any atom is -0.326 e. The molecule has 0 bridgehead atoms. The van der Waals surface area contributed by atoms with Gasteiger partial charge in [-0.2, -0.15) is 0 Å². The van der Waals surface area contributed by atoms with Crippen LogP contribution in [0.15, 0.2) is 0 Å². The van der Waals surface area contributed by atoms with Crippen LogP contribution in [0.2, 0.25) is 0 Å². The molecule has 1 aliphatic rings. The standard InChI is InChI=1S/C16H29N3/c1-5-9-15-18-13-12-17-11-10-14(13)19(15)16(6-2,7-3)8-4/h17H,5-12H2,1-4H3. The van der Waals surface area contributed by atoms with Gasteiger partial charge in [-0.25, -0.2) is 4.98 Å². The molecule has 1 N–H and O–H groups in total. The normalized spacial score (nSPS) is 15.6. The van der Waals surface area contributed by atoms with E-state index in [9.17, 15) is 0 Å². The summed E-state index contributed by atoms with van der Waals surface area (Å²) < 4.78 is 2.63. The highest BCUT2D eigenvalue weighted by Gasteiger charge is 2.32. The first kappa shape index (κ1) is 14.6. The minimum atomic E-state index is 0.280. The van der Waals surface area contributed by atoms with Crippen LogP contribution < -0.4 is 5.32 Å². The summed E-state index contributed by atoms with van der Waals surface area (Å²) in [6.45, 7) is 11.3. The van der Waals surface area contributed by atoms with Crippen LogP contribution in [0.3, 0.4) is 0 Å². The smallest absolute Gasteiger partial charge is 0.109 e. The van der Waals surface area contributed by atoms with Crippen LogP contribution in [0.25, 0.3) is 0 Å². The fraction of sp³-hybridized carbons (Fsp3) is 0.812. The van der Waals surface area contributed by atoms with E-state index in [0.717, 1.165) is 25.9 Å². The number of imidazole rings is 1. The SMILES string of the molecule is CCCc1nc2c(n1C(CC)(CC)CC)CCNC2. The third kappa shape index (κ3) is 2.45. The van der Waals surface area contributed by atoms with Crippen molar-refractivity contribution in [3.63, 3.8) is 0 Å². The second kappa shape index (κ2) is 6.08. The van der Waals surface area contributed by atoms with E-state index in [-0.39, 0.29) is 5.54 Å². The fourth-order valence-corrected chi connectivity index (χ4v) is 3.54. The molecule has 3 nitrogen and oxygen atoms in total. The summed E-state index contributed by atoms with van der Waals surface area (Å²) in [5.41, 5.74) is 3.09. The quantitative estimate of drug-likeness (QED) is 0.852. The second-order valence-electron chi connectivity index (χ2n) is 5.72. The first-order chi connectivity index (χ1) is 9.22. The summed E-state index contributed by atoms with van der Waals surface area (Å²) in [7, 11) is 0. The Morgan fingerprint density at radius 1 is 1.16 bits per heavy atom. The van der Waals surface area contributed by atoms with Crippen molar-refractivity contribution in [2.24, 2.45) is 0 Å². The maximum absolute atomic E-state index is 4.95. The van der Waals surface area contributed by atoms with Crippen molar-refractivity contribution < 1.29 is 0 Å². The van der Waals surface area contributed by atoms with Gasteiger partial charge in [0.15, 0.2) is 0 Å². The topological polar surface area (TPSA) is 29.9 Å². The van der Waals surface area contributed by atoms with Gasteiger partial charge in [-0.1, -0.05) is 27.7 Å². The molecule has 1 aliphatic heterocycles. The second-order valence-corrected chi connectivity index (χ2v) is 5.72. The number of aromatic nitrogens is 2. The van der Waals surface area contributed by atoms with E-state index in [2.05, 4.69) is 37.6 Å². The molecule has 0 saturated heterocycles. The summed E-state index contributed by atoms with van der Waals surface area (Å²) >= 11 is 0. The van der Waals surface area contributed by atoms with Gasteiger partial charge in [0.05, 0.1) is 5.69 Å². The van der Waals surface area contributed by atoms with Crippen molar-refractivity contribution in [3.8, 4) is 0 Å². The molecule has 108 valence electrons. The number of hydrogen-bond acceptors (Lipinski definition) is 2. The molecular formula is C16H29N3. The highest BCUT2D eigenvalue weighted by Crippen LogP contribution is 2.34. The number of aryl methyl sites for hydroxylation is 1. The number of nitrogens with zero attached hydrogens (tertiary/aromatic N) is 2. The average Bonchev–Trinajstić information content (AvgIpc) is 2.81. The van der Waals surface area contributed by atoms with Crippen molar-refractivity contribution in [2.75, 3.05) is 6.54 Å². The highest BCUT2D eigenvalue weighted by atomic mass is 15.2. The van der Waals surface area contributed by atoms with Gasteiger partial charge in [-0.3, -0.25) is 0 Å². The van der Waals surface area contributed by atoms with Gasteiger partial charge in [-0.15, -0.1) is 0 Å². The number of rotatable bonds is 6. The molecule has 3 heteroatoms. The maximum atomic E-state index is 4.95. The largest absolute Gasteiger partial charge is 0.326 e. The fourth-order valence-electron chi connectivity index (χ4n) is 3.54. The molecule has 2 rings (SSSR count). The van der Waals surface area contributed by atoms with Gasteiger partial charge in [0.1, 0.15) is 5.82 Å². The molecule has 0 fully saturated rings. The van der Waals surface area contributed by atoms with Crippen molar-refractivity contribution in [2.45, 2.75) is 78.3 Å². The Morgan fingerprint density at radius 2 is 1.84 bits per heavy atom.